The largest absolute Gasteiger partial charge is 0.438 e. The summed E-state index contributed by atoms with van der Waals surface area (Å²) in [5.41, 5.74) is 6.46. The van der Waals surface area contributed by atoms with E-state index < -0.39 is 5.91 Å². The van der Waals surface area contributed by atoms with Crippen LogP contribution in [0.4, 0.5) is 0 Å². The monoisotopic (exact) mass is 111 g/mol. The van der Waals surface area contributed by atoms with Crippen molar-refractivity contribution in [3.05, 3.63) is 18.4 Å². The van der Waals surface area contributed by atoms with E-state index in [1.807, 2.05) is 0 Å². The number of nitrogens with one attached hydrogen (secondary N) is 1. The molecular weight excluding hydrogens is 108 g/mol. The third-order valence-electron chi connectivity index (χ3n) is 0.656. The smallest absolute Gasteiger partial charge is 0.307 e. The molecule has 0 aliphatic heterocycles. The van der Waals surface area contributed by atoms with E-state index in [0.29, 0.717) is 0 Å². The minimum Gasteiger partial charge on any atom is -0.438 e. The summed E-state index contributed by atoms with van der Waals surface area (Å²) < 4.78 is 4.45. The second-order valence-electron chi connectivity index (χ2n) is 1.19. The van der Waals surface area contributed by atoms with Gasteiger partial charge >= 0.3 is 5.91 Å². The third kappa shape index (κ3) is 0.676. The highest BCUT2D eigenvalue weighted by molar-refractivity contribution is 5.88. The highest BCUT2D eigenvalue weighted by Crippen LogP contribution is 1.92. The van der Waals surface area contributed by atoms with Crippen LogP contribution in [0.2, 0.25) is 0 Å². The summed E-state index contributed by atoms with van der Waals surface area (Å²) in [6, 6.07) is 0. The number of carbonyl (C=O) groups excluding carboxylic acids is 1. The van der Waals surface area contributed by atoms with Gasteiger partial charge in [0, 0.05) is 0 Å². The minimum atomic E-state index is -0.845. The summed E-state index contributed by atoms with van der Waals surface area (Å²) in [5, 5.41) is 0. The number of amides is 1. The zero-order valence-corrected chi connectivity index (χ0v) is 3.92. The van der Waals surface area contributed by atoms with Gasteiger partial charge in [0.05, 0.1) is 6.20 Å². The Morgan fingerprint density at radius 2 is 2.62 bits per heavy atom. The van der Waals surface area contributed by atoms with Gasteiger partial charge in [-0.2, -0.15) is 0 Å². The summed E-state index contributed by atoms with van der Waals surface area (Å²) in [6.07, 6.45) is 2.32. The molecule has 0 atom stereocenters. The summed E-state index contributed by atoms with van der Waals surface area (Å²) >= 11 is 0. The number of hydrogen-bond donors (Lipinski definition) is 0. The molecule has 0 aliphatic carbocycles. The van der Waals surface area contributed by atoms with Gasteiger partial charge in [-0.3, -0.25) is 10.5 Å². The van der Waals surface area contributed by atoms with Gasteiger partial charge < -0.3 is 4.42 Å². The molecule has 8 heavy (non-hydrogen) atoms. The Morgan fingerprint density at radius 3 is 2.88 bits per heavy atom. The summed E-state index contributed by atoms with van der Waals surface area (Å²) in [5.74, 6) is -0.868. The first kappa shape index (κ1) is 4.83. The van der Waals surface area contributed by atoms with Gasteiger partial charge in [0.15, 0.2) is 6.39 Å². The maximum atomic E-state index is 10.0. The molecule has 0 fully saturated rings. The molecule has 1 amide bonds. The van der Waals surface area contributed by atoms with E-state index >= 15 is 0 Å². The summed E-state index contributed by atoms with van der Waals surface area (Å²) in [7, 11) is 0. The van der Waals surface area contributed by atoms with E-state index in [1.54, 1.807) is 0 Å². The molecule has 1 aromatic heterocycles. The van der Waals surface area contributed by atoms with Gasteiger partial charge in [0.1, 0.15) is 0 Å². The van der Waals surface area contributed by atoms with Crippen molar-refractivity contribution in [3.8, 4) is 0 Å². The zero-order valence-electron chi connectivity index (χ0n) is 3.92. The van der Waals surface area contributed by atoms with E-state index in [4.69, 9.17) is 5.73 Å². The standard InChI is InChI=1S/C4H3N2O2/c5-4(7)3-1-6-2-8-3/h1-2,5H. The van der Waals surface area contributed by atoms with Gasteiger partial charge in [0.25, 0.3) is 0 Å². The van der Waals surface area contributed by atoms with Crippen molar-refractivity contribution in [3.63, 3.8) is 0 Å². The average Bonchev–Trinajstić information content (AvgIpc) is 2.12. The second-order valence-corrected chi connectivity index (χ2v) is 1.19. The Labute approximate surface area is 45.3 Å². The summed E-state index contributed by atoms with van der Waals surface area (Å²) in [4.78, 5) is 13.5. The van der Waals surface area contributed by atoms with Crippen LogP contribution in [0.25, 0.3) is 0 Å². The summed E-state index contributed by atoms with van der Waals surface area (Å²) in [6.45, 7) is 0. The number of rotatable bonds is 1. The molecule has 0 saturated carbocycles. The maximum Gasteiger partial charge on any atom is 0.307 e. The van der Waals surface area contributed by atoms with Gasteiger partial charge in [-0.15, -0.1) is 0 Å². The Hall–Kier alpha value is -1.32. The lowest BCUT2D eigenvalue weighted by Crippen LogP contribution is -1.94. The zero-order chi connectivity index (χ0) is 5.98. The number of aromatic nitrogens is 1. The molecular formula is C4H3N2O2. The van der Waals surface area contributed by atoms with Gasteiger partial charge in [-0.05, 0) is 0 Å². The van der Waals surface area contributed by atoms with Crippen LogP contribution in [-0.4, -0.2) is 10.9 Å². The van der Waals surface area contributed by atoms with Crippen LogP contribution in [0.5, 0.6) is 0 Å². The predicted octanol–water partition coefficient (Wildman–Crippen LogP) is 0.0977. The van der Waals surface area contributed by atoms with E-state index in [9.17, 15) is 4.79 Å². The third-order valence-corrected chi connectivity index (χ3v) is 0.656. The SMILES string of the molecule is [NH]C(=O)c1cnco1. The van der Waals surface area contributed by atoms with Crippen molar-refractivity contribution in [2.45, 2.75) is 0 Å². The highest BCUT2D eigenvalue weighted by atomic mass is 16.3. The fourth-order valence-corrected chi connectivity index (χ4v) is 0.328. The van der Waals surface area contributed by atoms with Crippen molar-refractivity contribution in [1.82, 2.24) is 10.7 Å². The highest BCUT2D eigenvalue weighted by Gasteiger charge is 2.01. The first-order valence-electron chi connectivity index (χ1n) is 1.95. The van der Waals surface area contributed by atoms with E-state index in [0.717, 1.165) is 6.39 Å². The van der Waals surface area contributed by atoms with Crippen LogP contribution in [0.15, 0.2) is 17.0 Å². The lowest BCUT2D eigenvalue weighted by atomic mass is 10.5. The molecule has 1 N–H and O–H groups in total. The van der Waals surface area contributed by atoms with Crippen molar-refractivity contribution in [1.29, 1.82) is 0 Å². The van der Waals surface area contributed by atoms with Crippen LogP contribution in [0, 0.1) is 0 Å². The number of hydrogen-bond acceptors (Lipinski definition) is 3. The lowest BCUT2D eigenvalue weighted by Gasteiger charge is -1.76. The normalized spacial score (nSPS) is 9.00. The Kier molecular flexibility index (Phi) is 0.997. The van der Waals surface area contributed by atoms with Crippen LogP contribution in [-0.2, 0) is 0 Å². The molecule has 41 valence electrons. The molecule has 4 nitrogen and oxygen atoms in total. The molecule has 1 radical (unpaired) electrons. The molecule has 0 saturated heterocycles. The van der Waals surface area contributed by atoms with Crippen molar-refractivity contribution in [2.24, 2.45) is 0 Å². The molecule has 1 rings (SSSR count). The first-order valence-corrected chi connectivity index (χ1v) is 1.95. The Bertz CT molecular complexity index is 180. The fraction of sp³-hybridized carbons (Fsp3) is 0. The van der Waals surface area contributed by atoms with Crippen LogP contribution < -0.4 is 5.73 Å². The van der Waals surface area contributed by atoms with E-state index in [2.05, 4.69) is 9.40 Å². The first-order chi connectivity index (χ1) is 3.80. The Morgan fingerprint density at radius 1 is 1.88 bits per heavy atom. The molecule has 0 aliphatic rings. The van der Waals surface area contributed by atoms with E-state index in [1.165, 1.54) is 6.20 Å². The number of oxazole rings is 1. The molecule has 0 unspecified atom stereocenters. The van der Waals surface area contributed by atoms with Gasteiger partial charge in [-0.25, -0.2) is 4.98 Å². The fourth-order valence-electron chi connectivity index (χ4n) is 0.328. The van der Waals surface area contributed by atoms with Crippen molar-refractivity contribution >= 4 is 5.91 Å². The molecule has 0 spiro atoms. The maximum absolute atomic E-state index is 10.0. The molecule has 1 aromatic rings. The topological polar surface area (TPSA) is 66.9 Å². The molecule has 0 aromatic carbocycles. The quantitative estimate of drug-likeness (QED) is 0.516. The average molecular weight is 111 g/mol. The molecule has 1 heterocycles. The molecule has 0 bridgehead atoms. The Balaban J connectivity index is 2.93. The van der Waals surface area contributed by atoms with Gasteiger partial charge in [-0.1, -0.05) is 0 Å². The van der Waals surface area contributed by atoms with E-state index in [-0.39, 0.29) is 5.76 Å². The number of nitrogens with zero attached hydrogens (tertiary/aromatic N) is 1. The van der Waals surface area contributed by atoms with Crippen molar-refractivity contribution in [2.75, 3.05) is 0 Å². The predicted molar refractivity (Wildman–Crippen MR) is 23.9 cm³/mol. The molecule has 4 heteroatoms. The number of carbonyl (C=O) groups is 1. The van der Waals surface area contributed by atoms with Crippen LogP contribution in [0.3, 0.4) is 0 Å². The minimum absolute atomic E-state index is 0.0231. The lowest BCUT2D eigenvalue weighted by molar-refractivity contribution is 0.0965. The van der Waals surface area contributed by atoms with Crippen molar-refractivity contribution < 1.29 is 9.21 Å². The second kappa shape index (κ2) is 1.65. The van der Waals surface area contributed by atoms with Gasteiger partial charge in [0.2, 0.25) is 5.76 Å². The van der Waals surface area contributed by atoms with Crippen LogP contribution in [0.1, 0.15) is 10.6 Å². The van der Waals surface area contributed by atoms with Crippen LogP contribution >= 0.6 is 0 Å².